The second-order valence-corrected chi connectivity index (χ2v) is 7.88. The second-order valence-electron chi connectivity index (χ2n) is 6.93. The van der Waals surface area contributed by atoms with Gasteiger partial charge in [-0.1, -0.05) is 42.7 Å². The molecule has 2 aromatic carbocycles. The molecule has 0 atom stereocenters. The van der Waals surface area contributed by atoms with Gasteiger partial charge in [0.1, 0.15) is 0 Å². The van der Waals surface area contributed by atoms with Crippen LogP contribution in [0.25, 0.3) is 21.2 Å². The molecule has 2 heterocycles. The number of aryl methyl sites for hydroxylation is 1. The SMILES string of the molecule is Cc1ccc(-c2cc(C(=O)N3CCCCCC3)cc3sccc23)cc1. The first kappa shape index (κ1) is 16.3. The van der Waals surface area contributed by atoms with E-state index in [2.05, 4.69) is 54.8 Å². The van der Waals surface area contributed by atoms with Crippen molar-refractivity contribution in [1.29, 1.82) is 0 Å². The van der Waals surface area contributed by atoms with Gasteiger partial charge in [0.15, 0.2) is 0 Å². The van der Waals surface area contributed by atoms with Gasteiger partial charge in [-0.05, 0) is 54.5 Å². The zero-order valence-electron chi connectivity index (χ0n) is 14.6. The van der Waals surface area contributed by atoms with Gasteiger partial charge in [0.25, 0.3) is 5.91 Å². The summed E-state index contributed by atoms with van der Waals surface area (Å²) in [4.78, 5) is 15.1. The smallest absolute Gasteiger partial charge is 0.253 e. The number of nitrogens with zero attached hydrogens (tertiary/aromatic N) is 1. The first-order valence-corrected chi connectivity index (χ1v) is 9.98. The molecule has 128 valence electrons. The van der Waals surface area contributed by atoms with Crippen molar-refractivity contribution in [1.82, 2.24) is 4.90 Å². The summed E-state index contributed by atoms with van der Waals surface area (Å²) in [5.74, 6) is 0.186. The number of carbonyl (C=O) groups excluding carboxylic acids is 1. The van der Waals surface area contributed by atoms with E-state index in [1.165, 1.54) is 34.1 Å². The Morgan fingerprint density at radius 2 is 1.68 bits per heavy atom. The van der Waals surface area contributed by atoms with Crippen LogP contribution in [-0.4, -0.2) is 23.9 Å². The Kier molecular flexibility index (Phi) is 4.58. The average Bonchev–Trinajstić information content (AvgIpc) is 2.94. The quantitative estimate of drug-likeness (QED) is 0.564. The number of benzene rings is 2. The maximum absolute atomic E-state index is 13.1. The van der Waals surface area contributed by atoms with Gasteiger partial charge in [0, 0.05) is 28.7 Å². The lowest BCUT2D eigenvalue weighted by Crippen LogP contribution is -2.31. The topological polar surface area (TPSA) is 20.3 Å². The van der Waals surface area contributed by atoms with Crippen LogP contribution >= 0.6 is 11.3 Å². The molecule has 25 heavy (non-hydrogen) atoms. The summed E-state index contributed by atoms with van der Waals surface area (Å²) in [5, 5.41) is 3.35. The van der Waals surface area contributed by atoms with Crippen molar-refractivity contribution in [2.24, 2.45) is 0 Å². The van der Waals surface area contributed by atoms with E-state index < -0.39 is 0 Å². The van der Waals surface area contributed by atoms with Crippen molar-refractivity contribution in [3.63, 3.8) is 0 Å². The van der Waals surface area contributed by atoms with E-state index in [9.17, 15) is 4.79 Å². The fourth-order valence-electron chi connectivity index (χ4n) is 3.62. The van der Waals surface area contributed by atoms with E-state index in [0.29, 0.717) is 0 Å². The van der Waals surface area contributed by atoms with Gasteiger partial charge in [-0.3, -0.25) is 4.79 Å². The zero-order valence-corrected chi connectivity index (χ0v) is 15.4. The molecule has 1 fully saturated rings. The molecule has 0 unspecified atom stereocenters. The summed E-state index contributed by atoms with van der Waals surface area (Å²) < 4.78 is 1.19. The number of rotatable bonds is 2. The standard InChI is InChI=1S/C22H23NOS/c1-16-6-8-17(9-7-16)20-14-18(15-21-19(20)10-13-25-21)22(24)23-11-4-2-3-5-12-23/h6-10,13-15H,2-5,11-12H2,1H3. The van der Waals surface area contributed by atoms with Crippen LogP contribution in [0.2, 0.25) is 0 Å². The van der Waals surface area contributed by atoms with Crippen molar-refractivity contribution in [3.05, 3.63) is 59.0 Å². The van der Waals surface area contributed by atoms with Crippen LogP contribution < -0.4 is 0 Å². The lowest BCUT2D eigenvalue weighted by Gasteiger charge is -2.21. The Morgan fingerprint density at radius 3 is 2.40 bits per heavy atom. The predicted molar refractivity (Wildman–Crippen MR) is 106 cm³/mol. The number of likely N-dealkylation sites (tertiary alicyclic amines) is 1. The van der Waals surface area contributed by atoms with E-state index in [4.69, 9.17) is 0 Å². The van der Waals surface area contributed by atoms with Crippen LogP contribution in [0.4, 0.5) is 0 Å². The molecule has 4 rings (SSSR count). The molecule has 0 aliphatic carbocycles. The van der Waals surface area contributed by atoms with Gasteiger partial charge >= 0.3 is 0 Å². The molecule has 1 aliphatic heterocycles. The van der Waals surface area contributed by atoms with Gasteiger partial charge < -0.3 is 4.90 Å². The van der Waals surface area contributed by atoms with Crippen LogP contribution in [0.3, 0.4) is 0 Å². The van der Waals surface area contributed by atoms with Crippen molar-refractivity contribution >= 4 is 27.3 Å². The minimum absolute atomic E-state index is 0.186. The number of thiophene rings is 1. The molecule has 0 bridgehead atoms. The number of hydrogen-bond acceptors (Lipinski definition) is 2. The highest BCUT2D eigenvalue weighted by Gasteiger charge is 2.19. The largest absolute Gasteiger partial charge is 0.339 e. The minimum Gasteiger partial charge on any atom is -0.339 e. The monoisotopic (exact) mass is 349 g/mol. The molecule has 2 nitrogen and oxygen atoms in total. The summed E-state index contributed by atoms with van der Waals surface area (Å²) in [6, 6.07) is 14.9. The normalized spacial score (nSPS) is 15.3. The molecule has 0 N–H and O–H groups in total. The molecule has 0 saturated carbocycles. The Balaban J connectivity index is 1.77. The van der Waals surface area contributed by atoms with Crippen molar-refractivity contribution in [3.8, 4) is 11.1 Å². The van der Waals surface area contributed by atoms with Crippen LogP contribution in [-0.2, 0) is 0 Å². The summed E-state index contributed by atoms with van der Waals surface area (Å²) in [5.41, 5.74) is 4.42. The highest BCUT2D eigenvalue weighted by molar-refractivity contribution is 7.17. The molecular weight excluding hydrogens is 326 g/mol. The van der Waals surface area contributed by atoms with E-state index in [1.807, 2.05) is 4.90 Å². The van der Waals surface area contributed by atoms with E-state index in [0.717, 1.165) is 37.1 Å². The highest BCUT2D eigenvalue weighted by atomic mass is 32.1. The van der Waals surface area contributed by atoms with Gasteiger partial charge in [0.05, 0.1) is 0 Å². The predicted octanol–water partition coefficient (Wildman–Crippen LogP) is 5.89. The Hall–Kier alpha value is -2.13. The molecule has 3 heteroatoms. The zero-order chi connectivity index (χ0) is 17.2. The third kappa shape index (κ3) is 3.34. The minimum atomic E-state index is 0.186. The van der Waals surface area contributed by atoms with Crippen LogP contribution in [0.5, 0.6) is 0 Å². The Labute approximate surface area is 153 Å². The Bertz CT molecular complexity index is 886. The van der Waals surface area contributed by atoms with Gasteiger partial charge in [-0.25, -0.2) is 0 Å². The van der Waals surface area contributed by atoms with Gasteiger partial charge in [-0.15, -0.1) is 11.3 Å². The molecule has 1 amide bonds. The summed E-state index contributed by atoms with van der Waals surface area (Å²) in [6.45, 7) is 3.88. The molecule has 1 aliphatic rings. The van der Waals surface area contributed by atoms with Crippen LogP contribution in [0, 0.1) is 6.92 Å². The first-order valence-electron chi connectivity index (χ1n) is 9.10. The molecule has 1 saturated heterocycles. The fourth-order valence-corrected chi connectivity index (χ4v) is 4.47. The average molecular weight is 349 g/mol. The third-order valence-electron chi connectivity index (χ3n) is 5.07. The second kappa shape index (κ2) is 7.01. The molecule has 1 aromatic heterocycles. The van der Waals surface area contributed by atoms with Gasteiger partial charge in [-0.2, -0.15) is 0 Å². The first-order chi connectivity index (χ1) is 12.2. The van der Waals surface area contributed by atoms with E-state index in [-0.39, 0.29) is 5.91 Å². The number of hydrogen-bond donors (Lipinski definition) is 0. The van der Waals surface area contributed by atoms with Crippen molar-refractivity contribution < 1.29 is 4.79 Å². The summed E-state index contributed by atoms with van der Waals surface area (Å²) in [7, 11) is 0. The molecular formula is C22H23NOS. The number of fused-ring (bicyclic) bond motifs is 1. The summed E-state index contributed by atoms with van der Waals surface area (Å²) >= 11 is 1.71. The number of carbonyl (C=O) groups is 1. The molecule has 0 spiro atoms. The van der Waals surface area contributed by atoms with Crippen molar-refractivity contribution in [2.75, 3.05) is 13.1 Å². The van der Waals surface area contributed by atoms with Crippen molar-refractivity contribution in [2.45, 2.75) is 32.6 Å². The third-order valence-corrected chi connectivity index (χ3v) is 5.94. The molecule has 3 aromatic rings. The maximum atomic E-state index is 13.1. The van der Waals surface area contributed by atoms with E-state index in [1.54, 1.807) is 11.3 Å². The molecule has 0 radical (unpaired) electrons. The van der Waals surface area contributed by atoms with Gasteiger partial charge in [0.2, 0.25) is 0 Å². The number of amides is 1. The summed E-state index contributed by atoms with van der Waals surface area (Å²) in [6.07, 6.45) is 4.72. The highest BCUT2D eigenvalue weighted by Crippen LogP contribution is 2.34. The Morgan fingerprint density at radius 1 is 0.960 bits per heavy atom. The lowest BCUT2D eigenvalue weighted by atomic mass is 9.98. The van der Waals surface area contributed by atoms with Crippen LogP contribution in [0.1, 0.15) is 41.6 Å². The lowest BCUT2D eigenvalue weighted by molar-refractivity contribution is 0.0762. The van der Waals surface area contributed by atoms with Crippen LogP contribution in [0.15, 0.2) is 47.8 Å². The maximum Gasteiger partial charge on any atom is 0.253 e. The van der Waals surface area contributed by atoms with E-state index >= 15 is 0 Å². The fraction of sp³-hybridized carbons (Fsp3) is 0.318.